The molecule has 0 atom stereocenters. The molecule has 0 unspecified atom stereocenters. The SMILES string of the molecule is CCOC(=O)c1oc2ccc(S(=O)(=O)N(CCc3ccccc3)c3ccc(N4CCN(C(=O)OC(C)(C)C)CC4)nc3)cc2c1C. The lowest BCUT2D eigenvalue weighted by atomic mass is 10.1. The van der Waals surface area contributed by atoms with E-state index in [4.69, 9.17) is 13.9 Å². The summed E-state index contributed by atoms with van der Waals surface area (Å²) in [4.78, 5) is 33.3. The van der Waals surface area contributed by atoms with Crippen molar-refractivity contribution in [1.82, 2.24) is 9.88 Å². The van der Waals surface area contributed by atoms with Crippen LogP contribution in [0.1, 0.15) is 49.4 Å². The van der Waals surface area contributed by atoms with Crippen molar-refractivity contribution < 1.29 is 31.9 Å². The molecule has 11 nitrogen and oxygen atoms in total. The van der Waals surface area contributed by atoms with Gasteiger partial charge in [0.15, 0.2) is 0 Å². The van der Waals surface area contributed by atoms with Gasteiger partial charge in [-0.25, -0.2) is 23.0 Å². The molecule has 12 heteroatoms. The summed E-state index contributed by atoms with van der Waals surface area (Å²) in [5, 5.41) is 0.520. The first-order valence-corrected chi connectivity index (χ1v) is 16.8. The van der Waals surface area contributed by atoms with Crippen molar-refractivity contribution >= 4 is 44.6 Å². The number of carbonyl (C=O) groups is 2. The van der Waals surface area contributed by atoms with Crippen LogP contribution in [0, 0.1) is 6.92 Å². The van der Waals surface area contributed by atoms with Crippen molar-refractivity contribution in [1.29, 1.82) is 0 Å². The highest BCUT2D eigenvalue weighted by atomic mass is 32.2. The minimum absolute atomic E-state index is 0.0547. The highest BCUT2D eigenvalue weighted by Gasteiger charge is 2.29. The molecule has 0 aliphatic carbocycles. The number of pyridine rings is 1. The second-order valence-electron chi connectivity index (χ2n) is 12.1. The van der Waals surface area contributed by atoms with Gasteiger partial charge >= 0.3 is 12.1 Å². The summed E-state index contributed by atoms with van der Waals surface area (Å²) in [5.74, 6) is 0.150. The maximum absolute atomic E-state index is 14.3. The van der Waals surface area contributed by atoms with Gasteiger partial charge in [0.1, 0.15) is 17.0 Å². The number of amides is 1. The van der Waals surface area contributed by atoms with E-state index in [1.807, 2.05) is 51.1 Å². The van der Waals surface area contributed by atoms with E-state index in [1.54, 1.807) is 43.1 Å². The number of nitrogens with zero attached hydrogens (tertiary/aromatic N) is 4. The Morgan fingerprint density at radius 1 is 1.00 bits per heavy atom. The van der Waals surface area contributed by atoms with Crippen molar-refractivity contribution in [2.75, 3.05) is 48.5 Å². The monoisotopic (exact) mass is 648 g/mol. The second-order valence-corrected chi connectivity index (χ2v) is 13.9. The van der Waals surface area contributed by atoms with E-state index in [0.717, 1.165) is 5.56 Å². The van der Waals surface area contributed by atoms with E-state index >= 15 is 0 Å². The number of hydrogen-bond donors (Lipinski definition) is 0. The number of anilines is 2. The zero-order chi connectivity index (χ0) is 33.1. The topological polar surface area (TPSA) is 122 Å². The van der Waals surface area contributed by atoms with Crippen molar-refractivity contribution in [2.24, 2.45) is 0 Å². The third-order valence-corrected chi connectivity index (χ3v) is 9.50. The molecule has 5 rings (SSSR count). The smallest absolute Gasteiger partial charge is 0.410 e. The lowest BCUT2D eigenvalue weighted by Gasteiger charge is -2.36. The van der Waals surface area contributed by atoms with Crippen LogP contribution < -0.4 is 9.21 Å². The Hall–Kier alpha value is -4.58. The van der Waals surface area contributed by atoms with Crippen LogP contribution >= 0.6 is 0 Å². The Bertz CT molecular complexity index is 1790. The van der Waals surface area contributed by atoms with Gasteiger partial charge in [0.05, 0.1) is 23.4 Å². The summed E-state index contributed by atoms with van der Waals surface area (Å²) >= 11 is 0. The van der Waals surface area contributed by atoms with Crippen LogP contribution in [0.25, 0.3) is 11.0 Å². The van der Waals surface area contributed by atoms with Gasteiger partial charge in [-0.1, -0.05) is 30.3 Å². The van der Waals surface area contributed by atoms with E-state index in [-0.39, 0.29) is 29.9 Å². The molecule has 0 radical (unpaired) electrons. The second kappa shape index (κ2) is 13.4. The molecule has 4 aromatic rings. The van der Waals surface area contributed by atoms with Crippen molar-refractivity contribution in [2.45, 2.75) is 51.5 Å². The number of aromatic nitrogens is 1. The lowest BCUT2D eigenvalue weighted by molar-refractivity contribution is 0.0240. The van der Waals surface area contributed by atoms with Gasteiger partial charge in [-0.05, 0) is 76.9 Å². The number of piperazine rings is 1. The molecule has 1 saturated heterocycles. The Kier molecular flexibility index (Phi) is 9.57. The number of hydrogen-bond acceptors (Lipinski definition) is 9. The summed E-state index contributed by atoms with van der Waals surface area (Å²) in [6, 6.07) is 17.8. The third-order valence-electron chi connectivity index (χ3n) is 7.68. The van der Waals surface area contributed by atoms with Crippen LogP contribution in [0.4, 0.5) is 16.3 Å². The first-order chi connectivity index (χ1) is 21.9. The zero-order valence-corrected chi connectivity index (χ0v) is 27.7. The Balaban J connectivity index is 1.40. The highest BCUT2D eigenvalue weighted by molar-refractivity contribution is 7.92. The fourth-order valence-electron chi connectivity index (χ4n) is 5.30. The van der Waals surface area contributed by atoms with E-state index < -0.39 is 21.6 Å². The van der Waals surface area contributed by atoms with Gasteiger partial charge in [0.25, 0.3) is 10.0 Å². The summed E-state index contributed by atoms with van der Waals surface area (Å²) in [6.07, 6.45) is 1.71. The molecule has 2 aromatic heterocycles. The van der Waals surface area contributed by atoms with Crippen molar-refractivity contribution in [3.8, 4) is 0 Å². The van der Waals surface area contributed by atoms with Crippen LogP contribution in [0.5, 0.6) is 0 Å². The molecule has 0 spiro atoms. The molecular weight excluding hydrogens is 608 g/mol. The summed E-state index contributed by atoms with van der Waals surface area (Å²) in [6.45, 7) is 11.4. The Morgan fingerprint density at radius 3 is 2.35 bits per heavy atom. The molecule has 1 aliphatic rings. The summed E-state index contributed by atoms with van der Waals surface area (Å²) in [5.41, 5.74) is 1.76. The number of benzene rings is 2. The van der Waals surface area contributed by atoms with Gasteiger partial charge in [-0.2, -0.15) is 0 Å². The maximum atomic E-state index is 14.3. The normalized spacial score (nSPS) is 13.9. The van der Waals surface area contributed by atoms with Crippen LogP contribution in [0.2, 0.25) is 0 Å². The quantitative estimate of drug-likeness (QED) is 0.207. The van der Waals surface area contributed by atoms with E-state index in [2.05, 4.69) is 9.88 Å². The maximum Gasteiger partial charge on any atom is 0.410 e. The molecule has 1 aliphatic heterocycles. The minimum atomic E-state index is -4.06. The predicted molar refractivity (Wildman–Crippen MR) is 176 cm³/mol. The van der Waals surface area contributed by atoms with Crippen LogP contribution in [-0.4, -0.2) is 75.3 Å². The number of rotatable bonds is 9. The van der Waals surface area contributed by atoms with E-state index in [1.165, 1.54) is 16.4 Å². The number of carbonyl (C=O) groups excluding carboxylic acids is 2. The number of esters is 1. The third kappa shape index (κ3) is 7.28. The Labute approximate surface area is 269 Å². The average Bonchev–Trinajstić information content (AvgIpc) is 3.37. The predicted octanol–water partition coefficient (Wildman–Crippen LogP) is 5.81. The minimum Gasteiger partial charge on any atom is -0.460 e. The molecule has 46 heavy (non-hydrogen) atoms. The van der Waals surface area contributed by atoms with E-state index in [9.17, 15) is 18.0 Å². The summed E-state index contributed by atoms with van der Waals surface area (Å²) < 4.78 is 46.2. The molecule has 2 aromatic carbocycles. The highest BCUT2D eigenvalue weighted by Crippen LogP contribution is 2.31. The molecule has 1 fully saturated rings. The molecule has 244 valence electrons. The van der Waals surface area contributed by atoms with Gasteiger partial charge in [0, 0.05) is 43.7 Å². The van der Waals surface area contributed by atoms with Gasteiger partial charge < -0.3 is 23.7 Å². The molecule has 0 N–H and O–H groups in total. The van der Waals surface area contributed by atoms with Crippen molar-refractivity contribution in [3.05, 3.63) is 83.7 Å². The lowest BCUT2D eigenvalue weighted by Crippen LogP contribution is -2.50. The largest absolute Gasteiger partial charge is 0.460 e. The fraction of sp³-hybridized carbons (Fsp3) is 0.382. The molecule has 1 amide bonds. The number of sulfonamides is 1. The van der Waals surface area contributed by atoms with Crippen LogP contribution in [0.15, 0.2) is 76.2 Å². The van der Waals surface area contributed by atoms with Crippen molar-refractivity contribution in [3.63, 3.8) is 0 Å². The number of aryl methyl sites for hydroxylation is 1. The number of furan rings is 1. The Morgan fingerprint density at radius 2 is 1.72 bits per heavy atom. The zero-order valence-electron chi connectivity index (χ0n) is 26.9. The summed E-state index contributed by atoms with van der Waals surface area (Å²) in [7, 11) is -4.06. The molecular formula is C34H40N4O7S. The van der Waals surface area contributed by atoms with Gasteiger partial charge in [0.2, 0.25) is 5.76 Å². The average molecular weight is 649 g/mol. The van der Waals surface area contributed by atoms with Gasteiger partial charge in [-0.3, -0.25) is 4.31 Å². The number of fused-ring (bicyclic) bond motifs is 1. The van der Waals surface area contributed by atoms with Gasteiger partial charge in [-0.15, -0.1) is 0 Å². The number of ether oxygens (including phenoxy) is 2. The molecule has 0 bridgehead atoms. The van der Waals surface area contributed by atoms with E-state index in [0.29, 0.717) is 60.6 Å². The van der Waals surface area contributed by atoms with Crippen LogP contribution in [-0.2, 0) is 25.9 Å². The molecule has 0 saturated carbocycles. The molecule has 3 heterocycles. The fourth-order valence-corrected chi connectivity index (χ4v) is 6.78. The van der Waals surface area contributed by atoms with Crippen LogP contribution in [0.3, 0.4) is 0 Å². The first kappa shape index (κ1) is 32.8. The first-order valence-electron chi connectivity index (χ1n) is 15.3. The standard InChI is InChI=1S/C34H40N4O7S/c1-6-43-32(39)31-24(2)28-22-27(13-14-29(28)44-31)46(41,42)38(17-16-25-10-8-7-9-11-25)26-12-15-30(35-23-26)36-18-20-37(21-19-36)33(40)45-34(3,4)5/h7-15,22-23H,6,16-21H2,1-5H3.